The molecule has 0 atom stereocenters. The van der Waals surface area contributed by atoms with Gasteiger partial charge < -0.3 is 9.64 Å². The Morgan fingerprint density at radius 1 is 1.47 bits per heavy atom. The monoisotopic (exact) mass is 268 g/mol. The molecule has 0 heterocycles. The molecule has 1 amide bonds. The zero-order valence-electron chi connectivity index (χ0n) is 10.5. The van der Waals surface area contributed by atoms with Crippen LogP contribution >= 0.6 is 0 Å². The van der Waals surface area contributed by atoms with Crippen LogP contribution in [0.3, 0.4) is 0 Å². The third-order valence-corrected chi connectivity index (χ3v) is 2.42. The van der Waals surface area contributed by atoms with Crippen LogP contribution in [0.4, 0.5) is 8.78 Å². The molecule has 0 unspecified atom stereocenters. The van der Waals surface area contributed by atoms with Crippen LogP contribution in [0.2, 0.25) is 0 Å². The van der Waals surface area contributed by atoms with Crippen LogP contribution < -0.4 is 4.74 Å². The van der Waals surface area contributed by atoms with Gasteiger partial charge in [0.2, 0.25) is 5.91 Å². The van der Waals surface area contributed by atoms with Gasteiger partial charge in [-0.15, -0.1) is 0 Å². The van der Waals surface area contributed by atoms with Gasteiger partial charge >= 0.3 is 0 Å². The number of halogens is 2. The molecule has 102 valence electrons. The van der Waals surface area contributed by atoms with Gasteiger partial charge in [0.1, 0.15) is 12.4 Å². The zero-order valence-corrected chi connectivity index (χ0v) is 10.5. The molecule has 1 aromatic carbocycles. The minimum Gasteiger partial charge on any atom is -0.491 e. The average molecular weight is 268 g/mol. The Morgan fingerprint density at radius 3 is 2.84 bits per heavy atom. The Bertz CT molecular complexity index is 486. The second-order valence-electron chi connectivity index (χ2n) is 3.93. The number of benzene rings is 1. The van der Waals surface area contributed by atoms with Crippen LogP contribution in [0.25, 0.3) is 0 Å². The molecule has 0 aliphatic carbocycles. The van der Waals surface area contributed by atoms with Crippen LogP contribution in [0.5, 0.6) is 5.75 Å². The largest absolute Gasteiger partial charge is 0.491 e. The Morgan fingerprint density at radius 2 is 2.21 bits per heavy atom. The second-order valence-corrected chi connectivity index (χ2v) is 3.93. The van der Waals surface area contributed by atoms with Crippen molar-refractivity contribution in [2.24, 2.45) is 0 Å². The summed E-state index contributed by atoms with van der Waals surface area (Å²) in [5, 5.41) is 8.42. The van der Waals surface area contributed by atoms with E-state index in [1.54, 1.807) is 0 Å². The van der Waals surface area contributed by atoms with E-state index in [2.05, 4.69) is 0 Å². The number of hydrogen-bond donors (Lipinski definition) is 0. The maximum absolute atomic E-state index is 13.2. The number of hydrogen-bond acceptors (Lipinski definition) is 3. The van der Waals surface area contributed by atoms with Gasteiger partial charge in [0.05, 0.1) is 12.7 Å². The number of carbonyl (C=O) groups excluding carboxylic acids is 1. The Balaban J connectivity index is 2.31. The lowest BCUT2D eigenvalue weighted by Gasteiger charge is -2.13. The van der Waals surface area contributed by atoms with E-state index in [1.807, 2.05) is 6.07 Å². The van der Waals surface area contributed by atoms with Crippen molar-refractivity contribution in [3.05, 3.63) is 29.8 Å². The molecular formula is C13H14F2N2O2. The first kappa shape index (κ1) is 14.9. The van der Waals surface area contributed by atoms with E-state index >= 15 is 0 Å². The van der Waals surface area contributed by atoms with Crippen molar-refractivity contribution in [3.63, 3.8) is 0 Å². The molecule has 0 saturated heterocycles. The van der Waals surface area contributed by atoms with Crippen LogP contribution in [-0.2, 0) is 4.79 Å². The summed E-state index contributed by atoms with van der Waals surface area (Å²) in [5.74, 6) is -1.66. The van der Waals surface area contributed by atoms with Gasteiger partial charge in [-0.1, -0.05) is 0 Å². The van der Waals surface area contributed by atoms with Gasteiger partial charge in [-0.05, 0) is 18.6 Å². The fourth-order valence-electron chi connectivity index (χ4n) is 1.38. The van der Waals surface area contributed by atoms with Crippen molar-refractivity contribution in [1.82, 2.24) is 4.90 Å². The molecule has 6 heteroatoms. The first-order valence-corrected chi connectivity index (χ1v) is 5.73. The van der Waals surface area contributed by atoms with Gasteiger partial charge in [0.15, 0.2) is 11.6 Å². The molecule has 0 spiro atoms. The van der Waals surface area contributed by atoms with E-state index in [-0.39, 0.29) is 31.2 Å². The molecule has 19 heavy (non-hydrogen) atoms. The molecule has 1 aromatic rings. The minimum atomic E-state index is -0.770. The minimum absolute atomic E-state index is 0.0340. The molecule has 0 bridgehead atoms. The number of rotatable bonds is 6. The Hall–Kier alpha value is -2.16. The molecule has 1 rings (SSSR count). The summed E-state index contributed by atoms with van der Waals surface area (Å²) in [7, 11) is 1.53. The lowest BCUT2D eigenvalue weighted by atomic mass is 10.3. The highest BCUT2D eigenvalue weighted by Crippen LogP contribution is 2.17. The van der Waals surface area contributed by atoms with Gasteiger partial charge in [0, 0.05) is 19.5 Å². The van der Waals surface area contributed by atoms with Crippen molar-refractivity contribution in [1.29, 1.82) is 5.26 Å². The topological polar surface area (TPSA) is 53.3 Å². The van der Waals surface area contributed by atoms with E-state index in [0.717, 1.165) is 12.1 Å². The molecule has 0 saturated carbocycles. The highest BCUT2D eigenvalue weighted by molar-refractivity contribution is 5.76. The number of nitriles is 1. The van der Waals surface area contributed by atoms with E-state index < -0.39 is 11.6 Å². The lowest BCUT2D eigenvalue weighted by Crippen LogP contribution is -2.27. The first-order chi connectivity index (χ1) is 9.04. The Labute approximate surface area is 110 Å². The third kappa shape index (κ3) is 4.92. The summed E-state index contributed by atoms with van der Waals surface area (Å²) < 4.78 is 30.9. The van der Waals surface area contributed by atoms with Gasteiger partial charge in [-0.25, -0.2) is 8.78 Å². The molecule has 0 radical (unpaired) electrons. The first-order valence-electron chi connectivity index (χ1n) is 5.73. The number of amides is 1. The molecule has 0 aliphatic heterocycles. The summed E-state index contributed by atoms with van der Waals surface area (Å²) >= 11 is 0. The van der Waals surface area contributed by atoms with Crippen molar-refractivity contribution in [3.8, 4) is 11.8 Å². The van der Waals surface area contributed by atoms with Crippen LogP contribution in [0.15, 0.2) is 18.2 Å². The van der Waals surface area contributed by atoms with Crippen molar-refractivity contribution >= 4 is 5.91 Å². The molecular weight excluding hydrogens is 254 g/mol. The van der Waals surface area contributed by atoms with Crippen molar-refractivity contribution < 1.29 is 18.3 Å². The molecule has 0 aromatic heterocycles. The maximum Gasteiger partial charge on any atom is 0.223 e. The summed E-state index contributed by atoms with van der Waals surface area (Å²) in [4.78, 5) is 12.8. The van der Waals surface area contributed by atoms with Gasteiger partial charge in [0.25, 0.3) is 0 Å². The third-order valence-electron chi connectivity index (χ3n) is 2.42. The SMILES string of the molecule is CN(CC#N)C(=O)CCCOc1ccc(F)cc1F. The zero-order chi connectivity index (χ0) is 14.3. The molecule has 0 fully saturated rings. The lowest BCUT2D eigenvalue weighted by molar-refractivity contribution is -0.129. The summed E-state index contributed by atoms with van der Waals surface area (Å²) in [6.07, 6.45) is 0.604. The smallest absolute Gasteiger partial charge is 0.223 e. The summed E-state index contributed by atoms with van der Waals surface area (Å²) in [6.45, 7) is 0.182. The summed E-state index contributed by atoms with van der Waals surface area (Å²) in [6, 6.07) is 4.91. The second kappa shape index (κ2) is 7.31. The number of carbonyl (C=O) groups is 1. The highest BCUT2D eigenvalue weighted by Gasteiger charge is 2.08. The van der Waals surface area contributed by atoms with E-state index in [0.29, 0.717) is 6.42 Å². The molecule has 0 N–H and O–H groups in total. The number of nitrogens with zero attached hydrogens (tertiary/aromatic N) is 2. The van der Waals surface area contributed by atoms with Gasteiger partial charge in [-0.3, -0.25) is 4.79 Å². The van der Waals surface area contributed by atoms with Crippen LogP contribution in [0.1, 0.15) is 12.8 Å². The highest BCUT2D eigenvalue weighted by atomic mass is 19.1. The molecule has 0 aliphatic rings. The summed E-state index contributed by atoms with van der Waals surface area (Å²) in [5.41, 5.74) is 0. The van der Waals surface area contributed by atoms with Crippen LogP contribution in [-0.4, -0.2) is 31.0 Å². The van der Waals surface area contributed by atoms with E-state index in [4.69, 9.17) is 10.00 Å². The predicted molar refractivity (Wildman–Crippen MR) is 64.3 cm³/mol. The Kier molecular flexibility index (Phi) is 5.73. The van der Waals surface area contributed by atoms with Crippen LogP contribution in [0, 0.1) is 23.0 Å². The maximum atomic E-state index is 13.2. The fraction of sp³-hybridized carbons (Fsp3) is 0.385. The average Bonchev–Trinajstić information content (AvgIpc) is 2.36. The predicted octanol–water partition coefficient (Wildman–Crippen LogP) is 2.11. The van der Waals surface area contributed by atoms with Crippen molar-refractivity contribution in [2.45, 2.75) is 12.8 Å². The van der Waals surface area contributed by atoms with E-state index in [1.165, 1.54) is 18.0 Å². The van der Waals surface area contributed by atoms with E-state index in [9.17, 15) is 13.6 Å². The quantitative estimate of drug-likeness (QED) is 0.586. The normalized spacial score (nSPS) is 9.79. The van der Waals surface area contributed by atoms with Crippen molar-refractivity contribution in [2.75, 3.05) is 20.2 Å². The number of ether oxygens (including phenoxy) is 1. The fourth-order valence-corrected chi connectivity index (χ4v) is 1.38. The molecule has 4 nitrogen and oxygen atoms in total. The van der Waals surface area contributed by atoms with Gasteiger partial charge in [-0.2, -0.15) is 5.26 Å². The standard InChI is InChI=1S/C13H14F2N2O2/c1-17(7-6-16)13(18)3-2-8-19-12-5-4-10(14)9-11(12)15/h4-5,9H,2-3,7-8H2,1H3.